The molecule has 100 valence electrons. The van der Waals surface area contributed by atoms with Gasteiger partial charge in [-0.15, -0.1) is 0 Å². The van der Waals surface area contributed by atoms with Crippen molar-refractivity contribution in [1.29, 1.82) is 0 Å². The van der Waals surface area contributed by atoms with Gasteiger partial charge in [0.25, 0.3) is 0 Å². The van der Waals surface area contributed by atoms with Crippen molar-refractivity contribution in [3.8, 4) is 0 Å². The molecule has 1 rings (SSSR count). The van der Waals surface area contributed by atoms with Crippen molar-refractivity contribution in [1.82, 2.24) is 0 Å². The van der Waals surface area contributed by atoms with Crippen molar-refractivity contribution in [2.24, 2.45) is 5.73 Å². The predicted octanol–water partition coefficient (Wildman–Crippen LogP) is 2.43. The highest BCUT2D eigenvalue weighted by atomic mass is 19.1. The van der Waals surface area contributed by atoms with Gasteiger partial charge in [-0.2, -0.15) is 0 Å². The molecule has 1 atom stereocenters. The van der Waals surface area contributed by atoms with E-state index in [1.807, 2.05) is 20.8 Å². The standard InChI is InChI=1S/C14H20FNO2/c1-14(2,3)18-13(17)9-12(16)8-10-4-6-11(15)7-5-10/h4-7,12H,8-9,16H2,1-3H3/t12-/m0/s1. The van der Waals surface area contributed by atoms with Crippen molar-refractivity contribution >= 4 is 5.97 Å². The Morgan fingerprint density at radius 2 is 1.89 bits per heavy atom. The first-order valence-corrected chi connectivity index (χ1v) is 5.98. The molecular weight excluding hydrogens is 233 g/mol. The molecule has 0 saturated carbocycles. The first kappa shape index (κ1) is 14.6. The Morgan fingerprint density at radius 1 is 1.33 bits per heavy atom. The highest BCUT2D eigenvalue weighted by Gasteiger charge is 2.18. The van der Waals surface area contributed by atoms with Gasteiger partial charge in [0.2, 0.25) is 0 Å². The van der Waals surface area contributed by atoms with Crippen LogP contribution in [0.2, 0.25) is 0 Å². The third kappa shape index (κ3) is 5.77. The van der Waals surface area contributed by atoms with Crippen molar-refractivity contribution < 1.29 is 13.9 Å². The van der Waals surface area contributed by atoms with E-state index in [0.717, 1.165) is 5.56 Å². The monoisotopic (exact) mass is 253 g/mol. The number of hydrogen-bond donors (Lipinski definition) is 1. The Labute approximate surface area is 107 Å². The summed E-state index contributed by atoms with van der Waals surface area (Å²) in [5.74, 6) is -0.587. The third-order valence-corrected chi connectivity index (χ3v) is 2.26. The third-order valence-electron chi connectivity index (χ3n) is 2.26. The number of rotatable bonds is 4. The Kier molecular flexibility index (Phi) is 4.84. The van der Waals surface area contributed by atoms with Crippen LogP contribution in [0.15, 0.2) is 24.3 Å². The molecule has 0 aliphatic rings. The molecule has 0 unspecified atom stereocenters. The zero-order valence-electron chi connectivity index (χ0n) is 11.1. The van der Waals surface area contributed by atoms with Crippen LogP contribution in [-0.2, 0) is 16.0 Å². The normalized spacial score (nSPS) is 13.2. The van der Waals surface area contributed by atoms with Crippen LogP contribution in [0.3, 0.4) is 0 Å². The molecular formula is C14H20FNO2. The van der Waals surface area contributed by atoms with Crippen LogP contribution in [0, 0.1) is 5.82 Å². The summed E-state index contributed by atoms with van der Waals surface area (Å²) >= 11 is 0. The molecule has 0 aromatic heterocycles. The maximum absolute atomic E-state index is 12.7. The topological polar surface area (TPSA) is 52.3 Å². The highest BCUT2D eigenvalue weighted by molar-refractivity contribution is 5.70. The molecule has 1 aromatic carbocycles. The lowest BCUT2D eigenvalue weighted by molar-refractivity contribution is -0.155. The van der Waals surface area contributed by atoms with E-state index in [1.165, 1.54) is 12.1 Å². The van der Waals surface area contributed by atoms with Crippen LogP contribution < -0.4 is 5.73 Å². The molecule has 3 nitrogen and oxygen atoms in total. The van der Waals surface area contributed by atoms with Crippen molar-refractivity contribution in [3.63, 3.8) is 0 Å². The maximum Gasteiger partial charge on any atom is 0.307 e. The summed E-state index contributed by atoms with van der Waals surface area (Å²) in [6.45, 7) is 5.45. The SMILES string of the molecule is CC(C)(C)OC(=O)C[C@@H](N)Cc1ccc(F)cc1. The summed E-state index contributed by atoms with van der Waals surface area (Å²) in [5, 5.41) is 0. The van der Waals surface area contributed by atoms with E-state index >= 15 is 0 Å². The highest BCUT2D eigenvalue weighted by Crippen LogP contribution is 2.11. The van der Waals surface area contributed by atoms with E-state index in [1.54, 1.807) is 12.1 Å². The number of carbonyl (C=O) groups is 1. The molecule has 0 amide bonds. The summed E-state index contributed by atoms with van der Waals surface area (Å²) in [7, 11) is 0. The van der Waals surface area contributed by atoms with Crippen molar-refractivity contribution in [3.05, 3.63) is 35.6 Å². The Morgan fingerprint density at radius 3 is 2.39 bits per heavy atom. The quantitative estimate of drug-likeness (QED) is 0.838. The van der Waals surface area contributed by atoms with Gasteiger partial charge in [0.1, 0.15) is 11.4 Å². The van der Waals surface area contributed by atoms with Gasteiger partial charge in [-0.25, -0.2) is 4.39 Å². The molecule has 4 heteroatoms. The first-order valence-electron chi connectivity index (χ1n) is 5.98. The predicted molar refractivity (Wildman–Crippen MR) is 68.5 cm³/mol. The fourth-order valence-corrected chi connectivity index (χ4v) is 1.59. The molecule has 18 heavy (non-hydrogen) atoms. The van der Waals surface area contributed by atoms with Gasteiger partial charge >= 0.3 is 5.97 Å². The summed E-state index contributed by atoms with van der Waals surface area (Å²) < 4.78 is 17.9. The lowest BCUT2D eigenvalue weighted by Gasteiger charge is -2.20. The molecule has 0 aliphatic carbocycles. The average Bonchev–Trinajstić information content (AvgIpc) is 2.18. The molecule has 0 radical (unpaired) electrons. The van der Waals surface area contributed by atoms with E-state index in [2.05, 4.69) is 0 Å². The van der Waals surface area contributed by atoms with E-state index in [9.17, 15) is 9.18 Å². The van der Waals surface area contributed by atoms with Crippen LogP contribution in [0.1, 0.15) is 32.8 Å². The van der Waals surface area contributed by atoms with Gasteiger partial charge in [0.15, 0.2) is 0 Å². The van der Waals surface area contributed by atoms with Crippen molar-refractivity contribution in [2.75, 3.05) is 0 Å². The lowest BCUT2D eigenvalue weighted by atomic mass is 10.0. The van der Waals surface area contributed by atoms with E-state index in [4.69, 9.17) is 10.5 Å². The Hall–Kier alpha value is -1.42. The molecule has 1 aromatic rings. The van der Waals surface area contributed by atoms with Gasteiger partial charge in [-0.05, 0) is 44.9 Å². The van der Waals surface area contributed by atoms with E-state index in [-0.39, 0.29) is 24.2 Å². The Balaban J connectivity index is 2.44. The van der Waals surface area contributed by atoms with Crippen LogP contribution >= 0.6 is 0 Å². The molecule has 0 heterocycles. The minimum absolute atomic E-state index is 0.161. The molecule has 0 aliphatic heterocycles. The maximum atomic E-state index is 12.7. The second-order valence-corrected chi connectivity index (χ2v) is 5.38. The second kappa shape index (κ2) is 5.96. The minimum Gasteiger partial charge on any atom is -0.460 e. The molecule has 2 N–H and O–H groups in total. The average molecular weight is 253 g/mol. The van der Waals surface area contributed by atoms with Gasteiger partial charge in [-0.3, -0.25) is 4.79 Å². The summed E-state index contributed by atoms with van der Waals surface area (Å²) in [5.41, 5.74) is 6.29. The zero-order chi connectivity index (χ0) is 13.8. The Bertz CT molecular complexity index is 395. The van der Waals surface area contributed by atoms with Crippen molar-refractivity contribution in [2.45, 2.75) is 45.3 Å². The van der Waals surface area contributed by atoms with Gasteiger partial charge in [0.05, 0.1) is 6.42 Å². The van der Waals surface area contributed by atoms with E-state index < -0.39 is 5.60 Å². The summed E-state index contributed by atoms with van der Waals surface area (Å²) in [6, 6.07) is 5.80. The summed E-state index contributed by atoms with van der Waals surface area (Å²) in [4.78, 5) is 11.6. The number of nitrogens with two attached hydrogens (primary N) is 1. The number of carbonyl (C=O) groups excluding carboxylic acids is 1. The molecule has 0 bridgehead atoms. The fourth-order valence-electron chi connectivity index (χ4n) is 1.59. The van der Waals surface area contributed by atoms with Gasteiger partial charge in [0, 0.05) is 6.04 Å². The van der Waals surface area contributed by atoms with Crippen LogP contribution in [-0.4, -0.2) is 17.6 Å². The van der Waals surface area contributed by atoms with Crippen LogP contribution in [0.4, 0.5) is 4.39 Å². The zero-order valence-corrected chi connectivity index (χ0v) is 11.1. The number of halogens is 1. The molecule has 0 saturated heterocycles. The summed E-state index contributed by atoms with van der Waals surface area (Å²) in [6.07, 6.45) is 0.689. The number of esters is 1. The number of ether oxygens (including phenoxy) is 1. The molecule has 0 spiro atoms. The van der Waals surface area contributed by atoms with Crippen LogP contribution in [0.25, 0.3) is 0 Å². The van der Waals surface area contributed by atoms with E-state index in [0.29, 0.717) is 6.42 Å². The number of benzene rings is 1. The largest absolute Gasteiger partial charge is 0.460 e. The first-order chi connectivity index (χ1) is 8.26. The lowest BCUT2D eigenvalue weighted by Crippen LogP contribution is -2.31. The fraction of sp³-hybridized carbons (Fsp3) is 0.500. The minimum atomic E-state index is -0.493. The van der Waals surface area contributed by atoms with Gasteiger partial charge < -0.3 is 10.5 Å². The second-order valence-electron chi connectivity index (χ2n) is 5.38. The van der Waals surface area contributed by atoms with Gasteiger partial charge in [-0.1, -0.05) is 12.1 Å². The van der Waals surface area contributed by atoms with Crippen LogP contribution in [0.5, 0.6) is 0 Å². The molecule has 0 fully saturated rings. The smallest absolute Gasteiger partial charge is 0.307 e. The number of hydrogen-bond acceptors (Lipinski definition) is 3.